The van der Waals surface area contributed by atoms with Gasteiger partial charge in [-0.1, -0.05) is 11.6 Å². The monoisotopic (exact) mass is 317 g/mol. The van der Waals surface area contributed by atoms with Gasteiger partial charge in [0.25, 0.3) is 0 Å². The zero-order chi connectivity index (χ0) is 14.8. The van der Waals surface area contributed by atoms with Crippen molar-refractivity contribution in [1.82, 2.24) is 20.2 Å². The van der Waals surface area contributed by atoms with E-state index in [4.69, 9.17) is 23.2 Å². The summed E-state index contributed by atoms with van der Waals surface area (Å²) in [6.07, 6.45) is 0. The van der Waals surface area contributed by atoms with Crippen LogP contribution in [0.25, 0.3) is 0 Å². The maximum absolute atomic E-state index is 12.4. The second-order valence-corrected chi connectivity index (χ2v) is 5.82. The van der Waals surface area contributed by atoms with Crippen LogP contribution in [-0.4, -0.2) is 52.5 Å². The summed E-state index contributed by atoms with van der Waals surface area (Å²) in [5, 5.41) is 6.20. The third-order valence-corrected chi connectivity index (χ3v) is 3.74. The minimum absolute atomic E-state index is 0.00720. The van der Waals surface area contributed by atoms with Gasteiger partial charge < -0.3 is 10.6 Å². The molecule has 20 heavy (non-hydrogen) atoms. The van der Waals surface area contributed by atoms with Gasteiger partial charge in [0.15, 0.2) is 0 Å². The third-order valence-electron chi connectivity index (χ3n) is 3.37. The summed E-state index contributed by atoms with van der Waals surface area (Å²) in [6.45, 7) is 7.18. The Morgan fingerprint density at radius 1 is 1.35 bits per heavy atom. The van der Waals surface area contributed by atoms with E-state index < -0.39 is 5.54 Å². The summed E-state index contributed by atoms with van der Waals surface area (Å²) in [4.78, 5) is 22.2. The van der Waals surface area contributed by atoms with Crippen LogP contribution in [-0.2, 0) is 4.79 Å². The lowest BCUT2D eigenvalue weighted by atomic mass is 10.0. The van der Waals surface area contributed by atoms with E-state index in [0.717, 1.165) is 26.2 Å². The van der Waals surface area contributed by atoms with Gasteiger partial charge in [0.1, 0.15) is 11.0 Å². The van der Waals surface area contributed by atoms with E-state index in [1.807, 2.05) is 13.8 Å². The molecule has 0 unspecified atom stereocenters. The van der Waals surface area contributed by atoms with Crippen molar-refractivity contribution in [3.8, 4) is 0 Å². The molecular formula is C12H17Cl2N5O. The molecule has 110 valence electrons. The van der Waals surface area contributed by atoms with Crippen LogP contribution >= 0.6 is 23.2 Å². The quantitative estimate of drug-likeness (QED) is 0.651. The smallest absolute Gasteiger partial charge is 0.245 e. The van der Waals surface area contributed by atoms with Crippen LogP contribution in [0.15, 0.2) is 6.07 Å². The van der Waals surface area contributed by atoms with Gasteiger partial charge in [0.05, 0.1) is 5.54 Å². The molecule has 1 aromatic heterocycles. The highest BCUT2D eigenvalue weighted by atomic mass is 35.5. The minimum Gasteiger partial charge on any atom is -0.314 e. The molecule has 1 aromatic rings. The van der Waals surface area contributed by atoms with E-state index >= 15 is 0 Å². The lowest BCUT2D eigenvalue weighted by Crippen LogP contribution is -2.58. The molecule has 2 heterocycles. The third kappa shape index (κ3) is 3.58. The lowest BCUT2D eigenvalue weighted by Gasteiger charge is -2.39. The predicted molar refractivity (Wildman–Crippen MR) is 79.2 cm³/mol. The Hall–Kier alpha value is -0.950. The van der Waals surface area contributed by atoms with E-state index in [1.165, 1.54) is 6.07 Å². The van der Waals surface area contributed by atoms with Crippen LogP contribution in [0.3, 0.4) is 0 Å². The number of nitrogens with one attached hydrogen (secondary N) is 2. The normalized spacial score (nSPS) is 17.0. The van der Waals surface area contributed by atoms with Crippen molar-refractivity contribution in [2.45, 2.75) is 19.4 Å². The molecule has 1 fully saturated rings. The van der Waals surface area contributed by atoms with E-state index in [9.17, 15) is 4.79 Å². The largest absolute Gasteiger partial charge is 0.314 e. The molecule has 0 aromatic carbocycles. The summed E-state index contributed by atoms with van der Waals surface area (Å²) in [6, 6.07) is 1.47. The van der Waals surface area contributed by atoms with Crippen molar-refractivity contribution >= 4 is 34.9 Å². The van der Waals surface area contributed by atoms with Crippen LogP contribution in [0.1, 0.15) is 13.8 Å². The zero-order valence-electron chi connectivity index (χ0n) is 11.4. The van der Waals surface area contributed by atoms with E-state index in [1.54, 1.807) is 0 Å². The Morgan fingerprint density at radius 2 is 2.00 bits per heavy atom. The van der Waals surface area contributed by atoms with Crippen molar-refractivity contribution in [3.63, 3.8) is 0 Å². The molecule has 1 amide bonds. The van der Waals surface area contributed by atoms with Crippen molar-refractivity contribution in [1.29, 1.82) is 0 Å². The summed E-state index contributed by atoms with van der Waals surface area (Å²) in [5.74, 6) is 0.161. The number of hydrogen-bond acceptors (Lipinski definition) is 5. The van der Waals surface area contributed by atoms with Gasteiger partial charge in [-0.2, -0.15) is 0 Å². The molecule has 0 aliphatic carbocycles. The molecular weight excluding hydrogens is 301 g/mol. The standard InChI is InChI=1S/C12H17Cl2N5O/c1-12(2,19-5-3-15-4-6-19)10(20)17-9-7-8(13)16-11(14)18-9/h7,15H,3-6H2,1-2H3,(H,16,17,18,20). The number of piperazine rings is 1. The highest BCUT2D eigenvalue weighted by Gasteiger charge is 2.35. The molecule has 6 nitrogen and oxygen atoms in total. The maximum Gasteiger partial charge on any atom is 0.245 e. The van der Waals surface area contributed by atoms with Gasteiger partial charge in [0.2, 0.25) is 11.2 Å². The topological polar surface area (TPSA) is 70.2 Å². The second-order valence-electron chi connectivity index (χ2n) is 5.10. The molecule has 1 aliphatic rings. The van der Waals surface area contributed by atoms with Crippen molar-refractivity contribution in [2.75, 3.05) is 31.5 Å². The van der Waals surface area contributed by atoms with Crippen molar-refractivity contribution < 1.29 is 4.79 Å². The van der Waals surface area contributed by atoms with Crippen LogP contribution < -0.4 is 10.6 Å². The number of aromatic nitrogens is 2. The number of rotatable bonds is 3. The maximum atomic E-state index is 12.4. The first-order chi connectivity index (χ1) is 9.39. The Kier molecular flexibility index (Phi) is 4.80. The highest BCUT2D eigenvalue weighted by Crippen LogP contribution is 2.19. The van der Waals surface area contributed by atoms with E-state index in [2.05, 4.69) is 25.5 Å². The van der Waals surface area contributed by atoms with Crippen LogP contribution in [0, 0.1) is 0 Å². The van der Waals surface area contributed by atoms with Gasteiger partial charge in [-0.25, -0.2) is 9.97 Å². The summed E-state index contributed by atoms with van der Waals surface area (Å²) in [5.41, 5.74) is -0.633. The van der Waals surface area contributed by atoms with E-state index in [0.29, 0.717) is 5.82 Å². The number of hydrogen-bond donors (Lipinski definition) is 2. The first kappa shape index (κ1) is 15.4. The number of carbonyl (C=O) groups excluding carboxylic acids is 1. The van der Waals surface area contributed by atoms with Crippen LogP contribution in [0.5, 0.6) is 0 Å². The molecule has 2 N–H and O–H groups in total. The lowest BCUT2D eigenvalue weighted by molar-refractivity contribution is -0.126. The molecule has 8 heteroatoms. The van der Waals surface area contributed by atoms with Crippen LogP contribution in [0.4, 0.5) is 5.82 Å². The molecule has 0 radical (unpaired) electrons. The fourth-order valence-corrected chi connectivity index (χ4v) is 2.50. The predicted octanol–water partition coefficient (Wildman–Crippen LogP) is 1.41. The number of nitrogens with zero attached hydrogens (tertiary/aromatic N) is 3. The number of carbonyl (C=O) groups is 1. The van der Waals surface area contributed by atoms with Gasteiger partial charge in [-0.3, -0.25) is 9.69 Å². The molecule has 2 rings (SSSR count). The van der Waals surface area contributed by atoms with Gasteiger partial charge in [0, 0.05) is 32.2 Å². The Labute approximate surface area is 127 Å². The van der Waals surface area contributed by atoms with Gasteiger partial charge in [-0.05, 0) is 25.4 Å². The summed E-state index contributed by atoms with van der Waals surface area (Å²) < 4.78 is 0. The molecule has 0 spiro atoms. The van der Waals surface area contributed by atoms with Gasteiger partial charge >= 0.3 is 0 Å². The SMILES string of the molecule is CC(C)(C(=O)Nc1cc(Cl)nc(Cl)n1)N1CCNCC1. The van der Waals surface area contributed by atoms with Gasteiger partial charge in [-0.15, -0.1) is 0 Å². The zero-order valence-corrected chi connectivity index (χ0v) is 12.9. The Morgan fingerprint density at radius 3 is 2.60 bits per heavy atom. The first-order valence-electron chi connectivity index (χ1n) is 6.37. The van der Waals surface area contributed by atoms with Crippen LogP contribution in [0.2, 0.25) is 10.4 Å². The Bertz CT molecular complexity index is 482. The average Bonchev–Trinajstić information content (AvgIpc) is 2.38. The number of anilines is 1. The molecule has 0 atom stereocenters. The molecule has 1 aliphatic heterocycles. The van der Waals surface area contributed by atoms with Crippen molar-refractivity contribution in [2.24, 2.45) is 0 Å². The molecule has 1 saturated heterocycles. The highest BCUT2D eigenvalue weighted by molar-refractivity contribution is 6.32. The number of halogens is 2. The average molecular weight is 318 g/mol. The van der Waals surface area contributed by atoms with Crippen molar-refractivity contribution in [3.05, 3.63) is 16.5 Å². The fraction of sp³-hybridized carbons (Fsp3) is 0.583. The van der Waals surface area contributed by atoms with E-state index in [-0.39, 0.29) is 16.3 Å². The Balaban J connectivity index is 2.09. The first-order valence-corrected chi connectivity index (χ1v) is 7.12. The summed E-state index contributed by atoms with van der Waals surface area (Å²) in [7, 11) is 0. The molecule has 0 saturated carbocycles. The number of amides is 1. The second kappa shape index (κ2) is 6.22. The molecule has 0 bridgehead atoms. The fourth-order valence-electron chi connectivity index (χ4n) is 2.09. The summed E-state index contributed by atoms with van der Waals surface area (Å²) >= 11 is 11.5. The minimum atomic E-state index is -0.633.